The number of nitrogens with zero attached hydrogens (tertiary/aromatic N) is 2. The third-order valence-electron chi connectivity index (χ3n) is 3.64. The molecule has 1 saturated heterocycles. The highest BCUT2D eigenvalue weighted by molar-refractivity contribution is 5.79. The van der Waals surface area contributed by atoms with Gasteiger partial charge in [0.2, 0.25) is 0 Å². The number of rotatable bonds is 10. The molecule has 1 aliphatic rings. The Morgan fingerprint density at radius 2 is 2.19 bits per heavy atom. The molecule has 0 spiro atoms. The van der Waals surface area contributed by atoms with Crippen LogP contribution in [0.3, 0.4) is 0 Å². The summed E-state index contributed by atoms with van der Waals surface area (Å²) >= 11 is 0. The predicted octanol–water partition coefficient (Wildman–Crippen LogP) is 0.689. The van der Waals surface area contributed by atoms with Crippen LogP contribution in [0.1, 0.15) is 26.2 Å². The SMILES string of the molecule is CCN(C)CCNC(=NC)NCCCOCC1CCCO1. The standard InChI is InChI=1S/C15H32N4O2/c1-4-19(3)10-9-18-15(16-2)17-8-6-11-20-13-14-7-5-12-21-14/h14H,4-13H2,1-3H3,(H2,16,17,18). The molecule has 1 atom stereocenters. The molecule has 6 heteroatoms. The molecule has 1 fully saturated rings. The highest BCUT2D eigenvalue weighted by Crippen LogP contribution is 2.11. The summed E-state index contributed by atoms with van der Waals surface area (Å²) in [5.74, 6) is 0.860. The Kier molecular flexibility index (Phi) is 10.2. The molecule has 21 heavy (non-hydrogen) atoms. The van der Waals surface area contributed by atoms with Gasteiger partial charge < -0.3 is 25.0 Å². The third kappa shape index (κ3) is 8.90. The van der Waals surface area contributed by atoms with Crippen LogP contribution >= 0.6 is 0 Å². The van der Waals surface area contributed by atoms with Gasteiger partial charge in [-0.05, 0) is 32.9 Å². The minimum Gasteiger partial charge on any atom is -0.379 e. The smallest absolute Gasteiger partial charge is 0.191 e. The summed E-state index contributed by atoms with van der Waals surface area (Å²) in [6.45, 7) is 8.40. The zero-order valence-electron chi connectivity index (χ0n) is 13.9. The first kappa shape index (κ1) is 18.2. The van der Waals surface area contributed by atoms with Gasteiger partial charge in [-0.15, -0.1) is 0 Å². The normalized spacial score (nSPS) is 19.2. The highest BCUT2D eigenvalue weighted by atomic mass is 16.5. The van der Waals surface area contributed by atoms with Crippen molar-refractivity contribution in [2.75, 3.05) is 60.1 Å². The van der Waals surface area contributed by atoms with E-state index in [2.05, 4.69) is 34.5 Å². The van der Waals surface area contributed by atoms with E-state index in [0.29, 0.717) is 6.10 Å². The molecule has 0 radical (unpaired) electrons. The van der Waals surface area contributed by atoms with E-state index in [-0.39, 0.29) is 0 Å². The van der Waals surface area contributed by atoms with E-state index in [4.69, 9.17) is 9.47 Å². The largest absolute Gasteiger partial charge is 0.379 e. The van der Waals surface area contributed by atoms with Gasteiger partial charge in [0, 0.05) is 39.9 Å². The average Bonchev–Trinajstić information content (AvgIpc) is 3.01. The quantitative estimate of drug-likeness (QED) is 0.353. The molecule has 1 heterocycles. The lowest BCUT2D eigenvalue weighted by Gasteiger charge is -2.16. The Labute approximate surface area is 129 Å². The van der Waals surface area contributed by atoms with Gasteiger partial charge in [0.15, 0.2) is 5.96 Å². The molecule has 0 aliphatic carbocycles. The van der Waals surface area contributed by atoms with Crippen molar-refractivity contribution in [3.63, 3.8) is 0 Å². The van der Waals surface area contributed by atoms with Crippen LogP contribution in [0, 0.1) is 0 Å². The van der Waals surface area contributed by atoms with E-state index in [1.807, 2.05) is 0 Å². The lowest BCUT2D eigenvalue weighted by Crippen LogP contribution is -2.41. The molecular formula is C15H32N4O2. The van der Waals surface area contributed by atoms with Crippen molar-refractivity contribution in [3.8, 4) is 0 Å². The molecule has 0 aromatic heterocycles. The van der Waals surface area contributed by atoms with E-state index in [9.17, 15) is 0 Å². The summed E-state index contributed by atoms with van der Waals surface area (Å²) in [4.78, 5) is 6.47. The van der Waals surface area contributed by atoms with Crippen molar-refractivity contribution in [2.24, 2.45) is 4.99 Å². The van der Waals surface area contributed by atoms with Crippen LogP contribution in [0.2, 0.25) is 0 Å². The number of aliphatic imine (C=N–C) groups is 1. The zero-order valence-corrected chi connectivity index (χ0v) is 13.9. The van der Waals surface area contributed by atoms with Gasteiger partial charge in [-0.2, -0.15) is 0 Å². The fourth-order valence-corrected chi connectivity index (χ4v) is 2.12. The Morgan fingerprint density at radius 1 is 1.38 bits per heavy atom. The molecule has 124 valence electrons. The number of guanidine groups is 1. The lowest BCUT2D eigenvalue weighted by atomic mass is 10.2. The second kappa shape index (κ2) is 11.8. The van der Waals surface area contributed by atoms with Crippen molar-refractivity contribution in [3.05, 3.63) is 0 Å². The van der Waals surface area contributed by atoms with Crippen molar-refractivity contribution < 1.29 is 9.47 Å². The first-order chi connectivity index (χ1) is 10.3. The molecule has 6 nitrogen and oxygen atoms in total. The van der Waals surface area contributed by atoms with Crippen LogP contribution in [-0.2, 0) is 9.47 Å². The number of nitrogens with one attached hydrogen (secondary N) is 2. The average molecular weight is 300 g/mol. The minimum absolute atomic E-state index is 0.322. The van der Waals surface area contributed by atoms with Gasteiger partial charge in [-0.25, -0.2) is 0 Å². The predicted molar refractivity (Wildman–Crippen MR) is 86.9 cm³/mol. The van der Waals surface area contributed by atoms with E-state index in [1.54, 1.807) is 7.05 Å². The van der Waals surface area contributed by atoms with Crippen LogP contribution in [0.25, 0.3) is 0 Å². The minimum atomic E-state index is 0.322. The molecule has 0 aromatic rings. The summed E-state index contributed by atoms with van der Waals surface area (Å²) in [6, 6.07) is 0. The van der Waals surface area contributed by atoms with Crippen molar-refractivity contribution >= 4 is 5.96 Å². The molecule has 1 aliphatic heterocycles. The van der Waals surface area contributed by atoms with Crippen LogP contribution < -0.4 is 10.6 Å². The van der Waals surface area contributed by atoms with E-state index >= 15 is 0 Å². The van der Waals surface area contributed by atoms with Gasteiger partial charge in [0.25, 0.3) is 0 Å². The van der Waals surface area contributed by atoms with Gasteiger partial charge >= 0.3 is 0 Å². The van der Waals surface area contributed by atoms with Crippen molar-refractivity contribution in [2.45, 2.75) is 32.3 Å². The van der Waals surface area contributed by atoms with Gasteiger partial charge in [-0.1, -0.05) is 6.92 Å². The third-order valence-corrected chi connectivity index (χ3v) is 3.64. The zero-order chi connectivity index (χ0) is 15.3. The fraction of sp³-hybridized carbons (Fsp3) is 0.933. The summed E-state index contributed by atoms with van der Waals surface area (Å²) in [6.07, 6.45) is 3.61. The van der Waals surface area contributed by atoms with Crippen LogP contribution in [0.4, 0.5) is 0 Å². The monoisotopic (exact) mass is 300 g/mol. The van der Waals surface area contributed by atoms with E-state index in [1.165, 1.54) is 6.42 Å². The van der Waals surface area contributed by atoms with Crippen LogP contribution in [0.15, 0.2) is 4.99 Å². The molecule has 1 rings (SSSR count). The lowest BCUT2D eigenvalue weighted by molar-refractivity contribution is 0.0168. The maximum Gasteiger partial charge on any atom is 0.191 e. The van der Waals surface area contributed by atoms with Gasteiger partial charge in [0.05, 0.1) is 12.7 Å². The molecule has 0 aromatic carbocycles. The molecule has 2 N–H and O–H groups in total. The maximum atomic E-state index is 5.63. The molecule has 0 saturated carbocycles. The van der Waals surface area contributed by atoms with Crippen molar-refractivity contribution in [1.82, 2.24) is 15.5 Å². The summed E-state index contributed by atoms with van der Waals surface area (Å²) in [5.41, 5.74) is 0. The second-order valence-corrected chi connectivity index (χ2v) is 5.39. The number of hydrogen-bond donors (Lipinski definition) is 2. The summed E-state index contributed by atoms with van der Waals surface area (Å²) in [5, 5.41) is 6.61. The first-order valence-electron chi connectivity index (χ1n) is 8.08. The first-order valence-corrected chi connectivity index (χ1v) is 8.08. The molecule has 1 unspecified atom stereocenters. The highest BCUT2D eigenvalue weighted by Gasteiger charge is 2.14. The fourth-order valence-electron chi connectivity index (χ4n) is 2.12. The van der Waals surface area contributed by atoms with Gasteiger partial charge in [0.1, 0.15) is 0 Å². The summed E-state index contributed by atoms with van der Waals surface area (Å²) in [7, 11) is 3.91. The number of likely N-dealkylation sites (N-methyl/N-ethyl adjacent to an activating group) is 1. The Morgan fingerprint density at radius 3 is 2.86 bits per heavy atom. The molecule has 0 amide bonds. The molecule has 0 bridgehead atoms. The number of ether oxygens (including phenoxy) is 2. The van der Waals surface area contributed by atoms with E-state index in [0.717, 1.165) is 64.8 Å². The van der Waals surface area contributed by atoms with Crippen LogP contribution in [-0.4, -0.2) is 77.1 Å². The molecular weight excluding hydrogens is 268 g/mol. The Hall–Kier alpha value is -0.850. The maximum absolute atomic E-state index is 5.63. The van der Waals surface area contributed by atoms with Crippen LogP contribution in [0.5, 0.6) is 0 Å². The Bertz CT molecular complexity index is 281. The Balaban J connectivity index is 1.94. The van der Waals surface area contributed by atoms with E-state index < -0.39 is 0 Å². The van der Waals surface area contributed by atoms with Gasteiger partial charge in [-0.3, -0.25) is 4.99 Å². The number of hydrogen-bond acceptors (Lipinski definition) is 4. The van der Waals surface area contributed by atoms with Crippen molar-refractivity contribution in [1.29, 1.82) is 0 Å². The second-order valence-electron chi connectivity index (χ2n) is 5.39. The summed E-state index contributed by atoms with van der Waals surface area (Å²) < 4.78 is 11.1. The topological polar surface area (TPSA) is 58.1 Å².